The number of imidazole rings is 1. The Morgan fingerprint density at radius 2 is 2.33 bits per heavy atom. The van der Waals surface area contributed by atoms with E-state index < -0.39 is 0 Å². The van der Waals surface area contributed by atoms with E-state index in [-0.39, 0.29) is 5.91 Å². The van der Waals surface area contributed by atoms with Gasteiger partial charge in [0.25, 0.3) is 0 Å². The Hall–Kier alpha value is -2.11. The maximum absolute atomic E-state index is 12.0. The van der Waals surface area contributed by atoms with Gasteiger partial charge in [0.1, 0.15) is 12.4 Å². The van der Waals surface area contributed by atoms with Crippen molar-refractivity contribution in [2.45, 2.75) is 39.8 Å². The second-order valence-corrected chi connectivity index (χ2v) is 5.78. The Balaban J connectivity index is 1.49. The Morgan fingerprint density at radius 3 is 3.10 bits per heavy atom. The number of hydrogen-bond acceptors (Lipinski definition) is 3. The van der Waals surface area contributed by atoms with Crippen molar-refractivity contribution in [1.82, 2.24) is 24.6 Å². The first-order valence-electron chi connectivity index (χ1n) is 7.39. The van der Waals surface area contributed by atoms with Crippen LogP contribution in [-0.4, -0.2) is 31.8 Å². The molecule has 0 bridgehead atoms. The van der Waals surface area contributed by atoms with Crippen molar-refractivity contribution >= 4 is 5.91 Å². The molecule has 6 heteroatoms. The van der Waals surface area contributed by atoms with Crippen LogP contribution in [0.5, 0.6) is 0 Å². The molecule has 0 aliphatic carbocycles. The highest BCUT2D eigenvalue weighted by atomic mass is 16.2. The average molecular weight is 287 g/mol. The highest BCUT2D eigenvalue weighted by Gasteiger charge is 2.19. The number of carbonyl (C=O) groups excluding carboxylic acids is 1. The number of fused-ring (bicyclic) bond motifs is 1. The van der Waals surface area contributed by atoms with Gasteiger partial charge in [0, 0.05) is 37.6 Å². The van der Waals surface area contributed by atoms with Gasteiger partial charge < -0.3 is 9.88 Å². The molecular weight excluding hydrogens is 266 g/mol. The fourth-order valence-electron chi connectivity index (χ4n) is 2.87. The second-order valence-electron chi connectivity index (χ2n) is 5.78. The molecule has 0 radical (unpaired) electrons. The molecule has 1 aliphatic heterocycles. The van der Waals surface area contributed by atoms with Gasteiger partial charge in [0.15, 0.2) is 0 Å². The van der Waals surface area contributed by atoms with Crippen LogP contribution in [0.4, 0.5) is 0 Å². The molecule has 0 saturated carbocycles. The van der Waals surface area contributed by atoms with Crippen molar-refractivity contribution in [1.29, 1.82) is 0 Å². The molecule has 1 aliphatic rings. The molecule has 1 atom stereocenters. The standard InChI is InChI=1S/C15H21N5O/c1-11-7-12(2)20(18-11)10-15(21)17-9-13-3-5-19-6-4-16-14(19)8-13/h4,6-7,13H,3,5,8-10H2,1-2H3,(H,17,21)/t13-/m1/s1. The quantitative estimate of drug-likeness (QED) is 0.915. The zero-order valence-electron chi connectivity index (χ0n) is 12.5. The molecular formula is C15H21N5O. The van der Waals surface area contributed by atoms with E-state index in [4.69, 9.17) is 0 Å². The van der Waals surface area contributed by atoms with Crippen LogP contribution in [0.15, 0.2) is 18.5 Å². The van der Waals surface area contributed by atoms with Crippen LogP contribution in [-0.2, 0) is 24.3 Å². The summed E-state index contributed by atoms with van der Waals surface area (Å²) in [5, 5.41) is 7.33. The lowest BCUT2D eigenvalue weighted by Crippen LogP contribution is -2.35. The minimum atomic E-state index is 0.0233. The van der Waals surface area contributed by atoms with E-state index in [2.05, 4.69) is 20.0 Å². The van der Waals surface area contributed by atoms with Gasteiger partial charge in [0.05, 0.1) is 5.69 Å². The van der Waals surface area contributed by atoms with E-state index in [1.807, 2.05) is 32.3 Å². The van der Waals surface area contributed by atoms with Gasteiger partial charge in [-0.1, -0.05) is 0 Å². The molecule has 3 rings (SSSR count). The first-order valence-corrected chi connectivity index (χ1v) is 7.39. The molecule has 3 heterocycles. The molecule has 2 aromatic rings. The van der Waals surface area contributed by atoms with Gasteiger partial charge in [-0.15, -0.1) is 0 Å². The number of hydrogen-bond donors (Lipinski definition) is 1. The molecule has 0 fully saturated rings. The molecule has 0 unspecified atom stereocenters. The molecule has 1 N–H and O–H groups in total. The van der Waals surface area contributed by atoms with Crippen molar-refractivity contribution in [3.8, 4) is 0 Å². The molecule has 21 heavy (non-hydrogen) atoms. The molecule has 2 aromatic heterocycles. The summed E-state index contributed by atoms with van der Waals surface area (Å²) in [4.78, 5) is 16.4. The molecule has 0 aromatic carbocycles. The maximum Gasteiger partial charge on any atom is 0.241 e. The minimum Gasteiger partial charge on any atom is -0.354 e. The molecule has 1 amide bonds. The number of carbonyl (C=O) groups is 1. The summed E-state index contributed by atoms with van der Waals surface area (Å²) in [5.41, 5.74) is 1.96. The molecule has 6 nitrogen and oxygen atoms in total. The smallest absolute Gasteiger partial charge is 0.241 e. The highest BCUT2D eigenvalue weighted by molar-refractivity contribution is 5.75. The van der Waals surface area contributed by atoms with Crippen LogP contribution in [0, 0.1) is 19.8 Å². The van der Waals surface area contributed by atoms with Crippen LogP contribution in [0.25, 0.3) is 0 Å². The zero-order valence-corrected chi connectivity index (χ0v) is 12.5. The lowest BCUT2D eigenvalue weighted by molar-refractivity contribution is -0.122. The van der Waals surface area contributed by atoms with Gasteiger partial charge >= 0.3 is 0 Å². The van der Waals surface area contributed by atoms with Crippen molar-refractivity contribution in [2.24, 2.45) is 5.92 Å². The van der Waals surface area contributed by atoms with Gasteiger partial charge in [-0.05, 0) is 32.3 Å². The number of aromatic nitrogens is 4. The largest absolute Gasteiger partial charge is 0.354 e. The predicted octanol–water partition coefficient (Wildman–Crippen LogP) is 1.08. The SMILES string of the molecule is Cc1cc(C)n(CC(=O)NC[C@@H]2CCn3ccnc3C2)n1. The summed E-state index contributed by atoms with van der Waals surface area (Å²) in [5.74, 6) is 1.62. The monoisotopic (exact) mass is 287 g/mol. The van der Waals surface area contributed by atoms with Gasteiger partial charge in [-0.3, -0.25) is 9.48 Å². The molecule has 0 spiro atoms. The van der Waals surface area contributed by atoms with Crippen LogP contribution >= 0.6 is 0 Å². The van der Waals surface area contributed by atoms with Crippen molar-refractivity contribution in [3.05, 3.63) is 35.7 Å². The fourth-order valence-corrected chi connectivity index (χ4v) is 2.87. The minimum absolute atomic E-state index is 0.0233. The molecule has 0 saturated heterocycles. The van der Waals surface area contributed by atoms with E-state index >= 15 is 0 Å². The number of amides is 1. The van der Waals surface area contributed by atoms with E-state index in [1.54, 1.807) is 4.68 Å². The van der Waals surface area contributed by atoms with Gasteiger partial charge in [-0.2, -0.15) is 5.10 Å². The summed E-state index contributed by atoms with van der Waals surface area (Å²) in [7, 11) is 0. The lowest BCUT2D eigenvalue weighted by atomic mass is 9.98. The normalized spacial score (nSPS) is 17.5. The Bertz CT molecular complexity index is 642. The topological polar surface area (TPSA) is 64.7 Å². The van der Waals surface area contributed by atoms with Crippen molar-refractivity contribution in [2.75, 3.05) is 6.54 Å². The third-order valence-corrected chi connectivity index (χ3v) is 4.04. The summed E-state index contributed by atoms with van der Waals surface area (Å²) in [6.45, 7) is 5.90. The first kappa shape index (κ1) is 13.9. The van der Waals surface area contributed by atoms with E-state index in [1.165, 1.54) is 0 Å². The number of rotatable bonds is 4. The van der Waals surface area contributed by atoms with E-state index in [9.17, 15) is 4.79 Å². The summed E-state index contributed by atoms with van der Waals surface area (Å²) >= 11 is 0. The summed E-state index contributed by atoms with van der Waals surface area (Å²) in [6.07, 6.45) is 5.89. The van der Waals surface area contributed by atoms with Crippen LogP contribution in [0.2, 0.25) is 0 Å². The maximum atomic E-state index is 12.0. The van der Waals surface area contributed by atoms with Crippen LogP contribution < -0.4 is 5.32 Å². The number of nitrogens with one attached hydrogen (secondary N) is 1. The van der Waals surface area contributed by atoms with E-state index in [0.717, 1.165) is 36.6 Å². The van der Waals surface area contributed by atoms with Crippen LogP contribution in [0.3, 0.4) is 0 Å². The third-order valence-electron chi connectivity index (χ3n) is 4.04. The average Bonchev–Trinajstić information content (AvgIpc) is 3.02. The number of aryl methyl sites for hydroxylation is 3. The van der Waals surface area contributed by atoms with Crippen LogP contribution in [0.1, 0.15) is 23.6 Å². The predicted molar refractivity (Wildman–Crippen MR) is 78.7 cm³/mol. The number of nitrogens with zero attached hydrogens (tertiary/aromatic N) is 4. The molecule has 112 valence electrons. The Morgan fingerprint density at radius 1 is 1.48 bits per heavy atom. The third kappa shape index (κ3) is 3.15. The van der Waals surface area contributed by atoms with Gasteiger partial charge in [-0.25, -0.2) is 4.98 Å². The van der Waals surface area contributed by atoms with Crippen molar-refractivity contribution < 1.29 is 4.79 Å². The van der Waals surface area contributed by atoms with Gasteiger partial charge in [0.2, 0.25) is 5.91 Å². The Kier molecular flexibility index (Phi) is 3.77. The summed E-state index contributed by atoms with van der Waals surface area (Å²) in [6, 6.07) is 1.98. The lowest BCUT2D eigenvalue weighted by Gasteiger charge is -2.23. The highest BCUT2D eigenvalue weighted by Crippen LogP contribution is 2.18. The fraction of sp³-hybridized carbons (Fsp3) is 0.533. The van der Waals surface area contributed by atoms with Crippen molar-refractivity contribution in [3.63, 3.8) is 0 Å². The summed E-state index contributed by atoms with van der Waals surface area (Å²) < 4.78 is 3.94. The Labute approximate surface area is 124 Å². The second kappa shape index (κ2) is 5.71. The van der Waals surface area contributed by atoms with E-state index in [0.29, 0.717) is 19.0 Å². The first-order chi connectivity index (χ1) is 10.1. The zero-order chi connectivity index (χ0) is 14.8.